The first-order valence-electron chi connectivity index (χ1n) is 8.87. The number of piperidine rings is 1. The number of carbonyl (C=O) groups is 2. The van der Waals surface area contributed by atoms with Crippen molar-refractivity contribution in [2.45, 2.75) is 25.4 Å². The standard InChI is InChI=1S/C19H23N3O3/c1-21-12-13(11-18(21)23)19(24)22-9-6-14(7-10-22)25-17-4-2-3-16-15(17)5-8-20-16/h2-5,8,13-14,20H,6-7,9-12H2,1H3. The van der Waals surface area contributed by atoms with Gasteiger partial charge in [0.05, 0.1) is 5.92 Å². The number of amides is 2. The Morgan fingerprint density at radius 2 is 2.04 bits per heavy atom. The number of carbonyl (C=O) groups excluding carboxylic acids is 2. The van der Waals surface area contributed by atoms with Crippen molar-refractivity contribution in [3.8, 4) is 5.75 Å². The number of aromatic amines is 1. The number of benzene rings is 1. The molecule has 3 heterocycles. The smallest absolute Gasteiger partial charge is 0.227 e. The summed E-state index contributed by atoms with van der Waals surface area (Å²) in [6, 6.07) is 8.04. The zero-order valence-corrected chi connectivity index (χ0v) is 14.4. The van der Waals surface area contributed by atoms with Crippen molar-refractivity contribution in [2.24, 2.45) is 5.92 Å². The van der Waals surface area contributed by atoms with Crippen LogP contribution in [-0.2, 0) is 9.59 Å². The van der Waals surface area contributed by atoms with E-state index in [1.165, 1.54) is 0 Å². The Labute approximate surface area is 146 Å². The van der Waals surface area contributed by atoms with E-state index in [0.717, 1.165) is 29.5 Å². The highest BCUT2D eigenvalue weighted by atomic mass is 16.5. The number of hydrogen-bond donors (Lipinski definition) is 1. The number of hydrogen-bond acceptors (Lipinski definition) is 3. The molecule has 2 aromatic rings. The van der Waals surface area contributed by atoms with Gasteiger partial charge in [0.1, 0.15) is 11.9 Å². The van der Waals surface area contributed by atoms with Gasteiger partial charge in [-0.25, -0.2) is 0 Å². The summed E-state index contributed by atoms with van der Waals surface area (Å²) in [4.78, 5) is 31.0. The maximum Gasteiger partial charge on any atom is 0.227 e. The Morgan fingerprint density at radius 3 is 2.76 bits per heavy atom. The van der Waals surface area contributed by atoms with Gasteiger partial charge in [0.25, 0.3) is 0 Å². The van der Waals surface area contributed by atoms with E-state index in [0.29, 0.717) is 26.1 Å². The van der Waals surface area contributed by atoms with Crippen molar-refractivity contribution < 1.29 is 14.3 Å². The highest BCUT2D eigenvalue weighted by molar-refractivity contribution is 5.89. The molecule has 25 heavy (non-hydrogen) atoms. The topological polar surface area (TPSA) is 65.6 Å². The van der Waals surface area contributed by atoms with Gasteiger partial charge in [-0.05, 0) is 18.2 Å². The Kier molecular flexibility index (Phi) is 4.11. The molecule has 1 atom stereocenters. The molecule has 1 N–H and O–H groups in total. The Bertz CT molecular complexity index is 792. The van der Waals surface area contributed by atoms with Crippen LogP contribution in [0.5, 0.6) is 5.75 Å². The van der Waals surface area contributed by atoms with Gasteiger partial charge in [0.15, 0.2) is 0 Å². The molecule has 0 aliphatic carbocycles. The van der Waals surface area contributed by atoms with Crippen LogP contribution >= 0.6 is 0 Å². The lowest BCUT2D eigenvalue weighted by Crippen LogP contribution is -2.44. The fourth-order valence-corrected chi connectivity index (χ4v) is 3.82. The lowest BCUT2D eigenvalue weighted by molar-refractivity contribution is -0.137. The zero-order valence-electron chi connectivity index (χ0n) is 14.4. The molecular formula is C19H23N3O3. The summed E-state index contributed by atoms with van der Waals surface area (Å²) in [6.07, 6.45) is 4.03. The monoisotopic (exact) mass is 341 g/mol. The molecule has 132 valence electrons. The fourth-order valence-electron chi connectivity index (χ4n) is 3.82. The van der Waals surface area contributed by atoms with Gasteiger partial charge in [-0.2, -0.15) is 0 Å². The highest BCUT2D eigenvalue weighted by Gasteiger charge is 2.36. The summed E-state index contributed by atoms with van der Waals surface area (Å²) >= 11 is 0. The number of rotatable bonds is 3. The third-order valence-electron chi connectivity index (χ3n) is 5.29. The SMILES string of the molecule is CN1CC(C(=O)N2CCC(Oc3cccc4[nH]ccc34)CC2)CC1=O. The van der Waals surface area contributed by atoms with Gasteiger partial charge in [-0.15, -0.1) is 0 Å². The average molecular weight is 341 g/mol. The van der Waals surface area contributed by atoms with Crippen LogP contribution in [0.2, 0.25) is 0 Å². The molecule has 2 saturated heterocycles. The second kappa shape index (κ2) is 6.43. The van der Waals surface area contributed by atoms with E-state index < -0.39 is 0 Å². The summed E-state index contributed by atoms with van der Waals surface area (Å²) in [5, 5.41) is 1.09. The number of nitrogens with one attached hydrogen (secondary N) is 1. The Balaban J connectivity index is 1.35. The average Bonchev–Trinajstić information content (AvgIpc) is 3.23. The molecule has 2 aliphatic rings. The van der Waals surface area contributed by atoms with Crippen LogP contribution in [0.15, 0.2) is 30.5 Å². The molecule has 2 amide bonds. The number of H-pyrrole nitrogens is 1. The minimum absolute atomic E-state index is 0.0659. The quantitative estimate of drug-likeness (QED) is 0.929. The number of likely N-dealkylation sites (tertiary alicyclic amines) is 2. The van der Waals surface area contributed by atoms with Crippen molar-refractivity contribution in [2.75, 3.05) is 26.7 Å². The second-order valence-corrected chi connectivity index (χ2v) is 7.01. The lowest BCUT2D eigenvalue weighted by Gasteiger charge is -2.33. The number of aromatic nitrogens is 1. The van der Waals surface area contributed by atoms with Gasteiger partial charge in [0, 0.05) is 63.0 Å². The van der Waals surface area contributed by atoms with Crippen LogP contribution in [0.1, 0.15) is 19.3 Å². The molecule has 0 spiro atoms. The molecule has 2 aliphatic heterocycles. The van der Waals surface area contributed by atoms with Crippen LogP contribution < -0.4 is 4.74 Å². The summed E-state index contributed by atoms with van der Waals surface area (Å²) in [6.45, 7) is 1.94. The van der Waals surface area contributed by atoms with E-state index in [-0.39, 0.29) is 23.8 Å². The molecule has 2 fully saturated rings. The summed E-state index contributed by atoms with van der Waals surface area (Å²) in [5.41, 5.74) is 1.07. The molecule has 4 rings (SSSR count). The van der Waals surface area contributed by atoms with Crippen molar-refractivity contribution in [1.29, 1.82) is 0 Å². The van der Waals surface area contributed by atoms with E-state index in [1.807, 2.05) is 35.4 Å². The molecule has 0 bridgehead atoms. The molecule has 1 aromatic heterocycles. The third kappa shape index (κ3) is 3.08. The predicted molar refractivity (Wildman–Crippen MR) is 94.3 cm³/mol. The van der Waals surface area contributed by atoms with Gasteiger partial charge in [-0.1, -0.05) is 6.07 Å². The summed E-state index contributed by atoms with van der Waals surface area (Å²) < 4.78 is 6.19. The predicted octanol–water partition coefficient (Wildman–Crippen LogP) is 2.02. The van der Waals surface area contributed by atoms with Gasteiger partial charge >= 0.3 is 0 Å². The van der Waals surface area contributed by atoms with E-state index in [2.05, 4.69) is 4.98 Å². The van der Waals surface area contributed by atoms with Gasteiger partial charge in [-0.3, -0.25) is 9.59 Å². The lowest BCUT2D eigenvalue weighted by atomic mass is 10.0. The maximum atomic E-state index is 12.6. The summed E-state index contributed by atoms with van der Waals surface area (Å²) in [5.74, 6) is 0.898. The fraction of sp³-hybridized carbons (Fsp3) is 0.474. The number of ether oxygens (including phenoxy) is 1. The largest absolute Gasteiger partial charge is 0.490 e. The molecule has 0 saturated carbocycles. The molecule has 0 radical (unpaired) electrons. The van der Waals surface area contributed by atoms with Crippen LogP contribution in [0.4, 0.5) is 0 Å². The number of nitrogens with zero attached hydrogens (tertiary/aromatic N) is 2. The molecular weight excluding hydrogens is 318 g/mol. The summed E-state index contributed by atoms with van der Waals surface area (Å²) in [7, 11) is 1.76. The van der Waals surface area contributed by atoms with Crippen molar-refractivity contribution in [3.05, 3.63) is 30.5 Å². The Hall–Kier alpha value is -2.50. The zero-order chi connectivity index (χ0) is 17.4. The van der Waals surface area contributed by atoms with Gasteiger partial charge < -0.3 is 19.5 Å². The Morgan fingerprint density at radius 1 is 1.24 bits per heavy atom. The highest BCUT2D eigenvalue weighted by Crippen LogP contribution is 2.28. The van der Waals surface area contributed by atoms with E-state index in [1.54, 1.807) is 11.9 Å². The van der Waals surface area contributed by atoms with Crippen LogP contribution in [-0.4, -0.2) is 59.4 Å². The molecule has 1 unspecified atom stereocenters. The first kappa shape index (κ1) is 16.0. The second-order valence-electron chi connectivity index (χ2n) is 7.01. The first-order valence-corrected chi connectivity index (χ1v) is 8.87. The van der Waals surface area contributed by atoms with Crippen molar-refractivity contribution >= 4 is 22.7 Å². The minimum atomic E-state index is -0.177. The minimum Gasteiger partial charge on any atom is -0.490 e. The van der Waals surface area contributed by atoms with Crippen LogP contribution in [0.3, 0.4) is 0 Å². The molecule has 6 heteroatoms. The van der Waals surface area contributed by atoms with E-state index in [4.69, 9.17) is 4.74 Å². The molecule has 6 nitrogen and oxygen atoms in total. The normalized spacial score (nSPS) is 22.0. The molecule has 1 aromatic carbocycles. The van der Waals surface area contributed by atoms with E-state index in [9.17, 15) is 9.59 Å². The van der Waals surface area contributed by atoms with Crippen molar-refractivity contribution in [3.63, 3.8) is 0 Å². The van der Waals surface area contributed by atoms with Crippen LogP contribution in [0.25, 0.3) is 10.9 Å². The number of fused-ring (bicyclic) bond motifs is 1. The maximum absolute atomic E-state index is 12.6. The van der Waals surface area contributed by atoms with E-state index >= 15 is 0 Å². The first-order chi connectivity index (χ1) is 12.1. The van der Waals surface area contributed by atoms with Crippen LogP contribution in [0, 0.1) is 5.92 Å². The third-order valence-corrected chi connectivity index (χ3v) is 5.29. The van der Waals surface area contributed by atoms with Crippen molar-refractivity contribution in [1.82, 2.24) is 14.8 Å². The van der Waals surface area contributed by atoms with Gasteiger partial charge in [0.2, 0.25) is 11.8 Å².